The average Bonchev–Trinajstić information content (AvgIpc) is 3.09. The molecule has 0 spiro atoms. The zero-order valence-electron chi connectivity index (χ0n) is 11.9. The van der Waals surface area contributed by atoms with Gasteiger partial charge in [0.05, 0.1) is 0 Å². The van der Waals surface area contributed by atoms with Crippen LogP contribution in [0.1, 0.15) is 10.6 Å². The monoisotopic (exact) mass is 454 g/mol. The molecule has 122 valence electrons. The molecule has 0 aliphatic rings. The zero-order chi connectivity index (χ0) is 17.3. The molecule has 0 radical (unpaired) electrons. The van der Waals surface area contributed by atoms with Crippen LogP contribution in [-0.2, 0) is 0 Å². The first-order chi connectivity index (χ1) is 11.4. The van der Waals surface area contributed by atoms with Crippen molar-refractivity contribution < 1.29 is 23.1 Å². The van der Waals surface area contributed by atoms with Crippen LogP contribution in [0.4, 0.5) is 4.39 Å². The van der Waals surface area contributed by atoms with Gasteiger partial charge in [0.15, 0.2) is 0 Å². The van der Waals surface area contributed by atoms with Crippen LogP contribution in [0.15, 0.2) is 66.3 Å². The second kappa shape index (κ2) is 6.78. The van der Waals surface area contributed by atoms with Crippen LogP contribution < -0.4 is 0 Å². The Labute approximate surface area is 152 Å². The highest BCUT2D eigenvalue weighted by atomic mass is 79.9. The molecule has 2 aromatic carbocycles. The minimum absolute atomic E-state index is 0.0342. The van der Waals surface area contributed by atoms with Crippen molar-refractivity contribution in [1.29, 1.82) is 0 Å². The summed E-state index contributed by atoms with van der Waals surface area (Å²) in [6.07, 6.45) is 0. The van der Waals surface area contributed by atoms with Gasteiger partial charge in [-0.3, -0.25) is 0 Å². The number of furan rings is 2. The van der Waals surface area contributed by atoms with E-state index in [1.54, 1.807) is 18.2 Å². The quantitative estimate of drug-likeness (QED) is 0.369. The number of carboxylic acids is 1. The molecule has 0 unspecified atom stereocenters. The second-order valence-corrected chi connectivity index (χ2v) is 6.66. The molecule has 0 aliphatic carbocycles. The van der Waals surface area contributed by atoms with Crippen LogP contribution >= 0.6 is 31.9 Å². The van der Waals surface area contributed by atoms with E-state index in [9.17, 15) is 9.18 Å². The van der Waals surface area contributed by atoms with Gasteiger partial charge in [-0.05, 0) is 42.5 Å². The summed E-state index contributed by atoms with van der Waals surface area (Å²) in [7, 11) is 0. The summed E-state index contributed by atoms with van der Waals surface area (Å²) in [4.78, 5) is 10.6. The highest BCUT2D eigenvalue weighted by Crippen LogP contribution is 2.23. The van der Waals surface area contributed by atoms with Crippen molar-refractivity contribution >= 4 is 59.8 Å². The largest absolute Gasteiger partial charge is 0.475 e. The van der Waals surface area contributed by atoms with E-state index in [-0.39, 0.29) is 5.76 Å². The number of aromatic carboxylic acids is 1. The van der Waals surface area contributed by atoms with Gasteiger partial charge in [-0.25, -0.2) is 4.79 Å². The SMILES string of the molecule is Fc1cc2cc(Br)ccc2o1.O=C(O)c1cc2cc(Br)ccc2o1. The van der Waals surface area contributed by atoms with Crippen LogP contribution in [0, 0.1) is 6.01 Å². The number of halogens is 3. The van der Waals surface area contributed by atoms with Crippen LogP contribution in [0.3, 0.4) is 0 Å². The Bertz CT molecular complexity index is 1040. The first-order valence-corrected chi connectivity index (χ1v) is 8.28. The van der Waals surface area contributed by atoms with E-state index in [2.05, 4.69) is 31.9 Å². The fraction of sp³-hybridized carbons (Fsp3) is 0. The topological polar surface area (TPSA) is 63.6 Å². The summed E-state index contributed by atoms with van der Waals surface area (Å²) < 4.78 is 24.1. The van der Waals surface area contributed by atoms with E-state index < -0.39 is 12.0 Å². The van der Waals surface area contributed by atoms with E-state index in [4.69, 9.17) is 13.9 Å². The Morgan fingerprint density at radius 2 is 1.42 bits per heavy atom. The molecule has 0 amide bonds. The summed E-state index contributed by atoms with van der Waals surface area (Å²) in [5.41, 5.74) is 1.16. The predicted molar refractivity (Wildman–Crippen MR) is 94.7 cm³/mol. The molecule has 0 saturated carbocycles. The number of hydrogen-bond acceptors (Lipinski definition) is 3. The van der Waals surface area contributed by atoms with Crippen LogP contribution in [0.5, 0.6) is 0 Å². The summed E-state index contributed by atoms with van der Waals surface area (Å²) in [6.45, 7) is 0. The number of carbonyl (C=O) groups is 1. The standard InChI is InChI=1S/C9H5BrO3.C8H4BrFO/c10-6-1-2-7-5(3-6)4-8(13-7)9(11)12;9-6-1-2-7-5(3-6)4-8(10)11-7/h1-4H,(H,11,12);1-4H. The summed E-state index contributed by atoms with van der Waals surface area (Å²) >= 11 is 6.57. The first-order valence-electron chi connectivity index (χ1n) is 6.69. The molecule has 2 heterocycles. The predicted octanol–water partition coefficient (Wildman–Crippen LogP) is 6.23. The van der Waals surface area contributed by atoms with Gasteiger partial charge >= 0.3 is 5.97 Å². The van der Waals surface area contributed by atoms with Crippen molar-refractivity contribution in [3.8, 4) is 0 Å². The molecule has 4 nitrogen and oxygen atoms in total. The lowest BCUT2D eigenvalue weighted by molar-refractivity contribution is 0.0665. The third kappa shape index (κ3) is 3.68. The molecule has 0 aliphatic heterocycles. The van der Waals surface area contributed by atoms with Gasteiger partial charge in [-0.15, -0.1) is 0 Å². The third-order valence-electron chi connectivity index (χ3n) is 3.14. The van der Waals surface area contributed by atoms with Crippen molar-refractivity contribution in [2.45, 2.75) is 0 Å². The van der Waals surface area contributed by atoms with Gasteiger partial charge in [0, 0.05) is 25.8 Å². The minimum atomic E-state index is -1.05. The fourth-order valence-electron chi connectivity index (χ4n) is 2.10. The molecule has 7 heteroatoms. The molecule has 2 aromatic heterocycles. The van der Waals surface area contributed by atoms with Gasteiger partial charge in [-0.1, -0.05) is 31.9 Å². The number of fused-ring (bicyclic) bond motifs is 2. The molecule has 0 atom stereocenters. The first kappa shape index (κ1) is 16.7. The van der Waals surface area contributed by atoms with Gasteiger partial charge in [0.1, 0.15) is 11.2 Å². The van der Waals surface area contributed by atoms with Crippen LogP contribution in [0.25, 0.3) is 21.9 Å². The molecule has 0 bridgehead atoms. The number of rotatable bonds is 1. The molecule has 4 rings (SSSR count). The maximum atomic E-state index is 12.5. The Hall–Kier alpha value is -2.12. The zero-order valence-corrected chi connectivity index (χ0v) is 15.1. The number of hydrogen-bond donors (Lipinski definition) is 1. The van der Waals surface area contributed by atoms with E-state index in [1.165, 1.54) is 12.1 Å². The molecular formula is C17H9Br2FO4. The fourth-order valence-corrected chi connectivity index (χ4v) is 2.86. The molecule has 4 aromatic rings. The van der Waals surface area contributed by atoms with E-state index in [0.717, 1.165) is 19.7 Å². The van der Waals surface area contributed by atoms with Crippen LogP contribution in [-0.4, -0.2) is 11.1 Å². The lowest BCUT2D eigenvalue weighted by Gasteiger charge is -1.87. The molecular weight excluding hydrogens is 447 g/mol. The molecule has 0 saturated heterocycles. The highest BCUT2D eigenvalue weighted by molar-refractivity contribution is 9.10. The van der Waals surface area contributed by atoms with Crippen molar-refractivity contribution in [2.75, 3.05) is 0 Å². The summed E-state index contributed by atoms with van der Waals surface area (Å²) in [6, 6.07) is 13.0. The number of carboxylic acid groups (broad SMARTS) is 1. The minimum Gasteiger partial charge on any atom is -0.475 e. The van der Waals surface area contributed by atoms with Crippen LogP contribution in [0.2, 0.25) is 0 Å². The van der Waals surface area contributed by atoms with Gasteiger partial charge in [0.2, 0.25) is 5.76 Å². The summed E-state index contributed by atoms with van der Waals surface area (Å²) in [5.74, 6) is -1.08. The van der Waals surface area contributed by atoms with Gasteiger partial charge in [-0.2, -0.15) is 4.39 Å². The summed E-state index contributed by atoms with van der Waals surface area (Å²) in [5, 5.41) is 10.2. The average molecular weight is 456 g/mol. The molecule has 0 fully saturated rings. The van der Waals surface area contributed by atoms with Crippen molar-refractivity contribution in [3.05, 3.63) is 69.3 Å². The normalized spacial score (nSPS) is 10.6. The Morgan fingerprint density at radius 3 is 2.00 bits per heavy atom. The van der Waals surface area contributed by atoms with Crippen molar-refractivity contribution in [3.63, 3.8) is 0 Å². The Balaban J connectivity index is 0.000000143. The number of benzene rings is 2. The molecule has 1 N–H and O–H groups in total. The Kier molecular flexibility index (Phi) is 4.73. The maximum Gasteiger partial charge on any atom is 0.371 e. The molecule has 24 heavy (non-hydrogen) atoms. The third-order valence-corrected chi connectivity index (χ3v) is 4.12. The van der Waals surface area contributed by atoms with Gasteiger partial charge < -0.3 is 13.9 Å². The van der Waals surface area contributed by atoms with E-state index >= 15 is 0 Å². The lowest BCUT2D eigenvalue weighted by Crippen LogP contribution is -1.91. The highest BCUT2D eigenvalue weighted by Gasteiger charge is 2.09. The van der Waals surface area contributed by atoms with Gasteiger partial charge in [0.25, 0.3) is 6.01 Å². The smallest absolute Gasteiger partial charge is 0.371 e. The van der Waals surface area contributed by atoms with E-state index in [0.29, 0.717) is 11.2 Å². The van der Waals surface area contributed by atoms with Crippen molar-refractivity contribution in [2.24, 2.45) is 0 Å². The Morgan fingerprint density at radius 1 is 0.875 bits per heavy atom. The van der Waals surface area contributed by atoms with E-state index in [1.807, 2.05) is 18.2 Å². The maximum absolute atomic E-state index is 12.5. The second-order valence-electron chi connectivity index (χ2n) is 4.83. The lowest BCUT2D eigenvalue weighted by atomic mass is 10.2. The van der Waals surface area contributed by atoms with Crippen molar-refractivity contribution in [1.82, 2.24) is 0 Å².